The van der Waals surface area contributed by atoms with Crippen molar-refractivity contribution in [3.63, 3.8) is 0 Å². The van der Waals surface area contributed by atoms with E-state index in [0.717, 1.165) is 61.8 Å². The van der Waals surface area contributed by atoms with Crippen molar-refractivity contribution in [2.75, 3.05) is 31.1 Å². The smallest absolute Gasteiger partial charge is 0.407 e. The second-order valence-electron chi connectivity index (χ2n) is 10.6. The highest BCUT2D eigenvalue weighted by Gasteiger charge is 2.50. The lowest BCUT2D eigenvalue weighted by Gasteiger charge is -2.46. The highest BCUT2D eigenvalue weighted by atomic mass is 32.1. The van der Waals surface area contributed by atoms with Crippen LogP contribution in [0, 0.1) is 26.2 Å². The number of rotatable bonds is 3. The van der Waals surface area contributed by atoms with E-state index in [-0.39, 0.29) is 5.41 Å². The van der Waals surface area contributed by atoms with E-state index in [1.807, 2.05) is 5.51 Å². The van der Waals surface area contributed by atoms with E-state index in [4.69, 9.17) is 9.97 Å². The normalized spacial score (nSPS) is 20.7. The Bertz CT molecular complexity index is 1310. The summed E-state index contributed by atoms with van der Waals surface area (Å²) in [6.45, 7) is 9.36. The maximum absolute atomic E-state index is 11.3. The Balaban J connectivity index is 1.38. The lowest BCUT2D eigenvalue weighted by molar-refractivity contribution is 0.0251. The van der Waals surface area contributed by atoms with Gasteiger partial charge in [0, 0.05) is 53.5 Å². The van der Waals surface area contributed by atoms with Gasteiger partial charge in [0.15, 0.2) is 0 Å². The fraction of sp³-hybridized carbons (Fsp3) is 0.481. The zero-order valence-corrected chi connectivity index (χ0v) is 21.4. The van der Waals surface area contributed by atoms with Gasteiger partial charge in [-0.2, -0.15) is 0 Å². The van der Waals surface area contributed by atoms with Crippen molar-refractivity contribution in [1.82, 2.24) is 19.9 Å². The molecular weight excluding hydrogens is 458 g/mol. The molecule has 0 radical (unpaired) electrons. The molecule has 1 aliphatic carbocycles. The Morgan fingerprint density at radius 3 is 2.74 bits per heavy atom. The van der Waals surface area contributed by atoms with Crippen LogP contribution >= 0.6 is 11.3 Å². The van der Waals surface area contributed by atoms with Crippen LogP contribution < -0.4 is 4.90 Å². The first kappa shape index (κ1) is 22.5. The van der Waals surface area contributed by atoms with Gasteiger partial charge in [-0.3, -0.25) is 0 Å². The number of hydrogen-bond donors (Lipinski definition) is 1. The number of carbonyl (C=O) groups is 1. The summed E-state index contributed by atoms with van der Waals surface area (Å²) >= 11 is 1.76. The standard InChI is InChI=1S/C27H31N5O2S/c1-16-5-4-6-20(17(16)2)23-21-8-7-19(24-18(3)28-15-35-24)11-22(21)29-25(30-23)31-10-9-27(12-31)13-32(14-27)26(33)34/h4-6,15,19H,7-14H2,1-3H3,(H,33,34)/t19-/m0/s1. The molecule has 7 nitrogen and oxygen atoms in total. The molecule has 2 saturated heterocycles. The van der Waals surface area contributed by atoms with Gasteiger partial charge in [-0.1, -0.05) is 18.2 Å². The van der Waals surface area contributed by atoms with E-state index in [2.05, 4.69) is 48.9 Å². The second kappa shape index (κ2) is 8.29. The van der Waals surface area contributed by atoms with Crippen LogP contribution in [0.25, 0.3) is 11.3 Å². The van der Waals surface area contributed by atoms with Crippen LogP contribution in [0.4, 0.5) is 10.7 Å². The van der Waals surface area contributed by atoms with Crippen LogP contribution in [-0.2, 0) is 12.8 Å². The molecule has 1 atom stereocenters. The van der Waals surface area contributed by atoms with Gasteiger partial charge in [0.1, 0.15) is 0 Å². The maximum Gasteiger partial charge on any atom is 0.407 e. The van der Waals surface area contributed by atoms with Crippen LogP contribution in [0.3, 0.4) is 0 Å². The molecule has 1 N–H and O–H groups in total. The van der Waals surface area contributed by atoms with Gasteiger partial charge < -0.3 is 14.9 Å². The molecule has 4 heterocycles. The average molecular weight is 490 g/mol. The van der Waals surface area contributed by atoms with Crippen LogP contribution in [-0.4, -0.2) is 57.2 Å². The number of thiazole rings is 1. The molecular formula is C27H31N5O2S. The molecule has 6 rings (SSSR count). The first-order valence-electron chi connectivity index (χ1n) is 12.4. The quantitative estimate of drug-likeness (QED) is 0.558. The summed E-state index contributed by atoms with van der Waals surface area (Å²) in [5.41, 5.74) is 10.4. The number of nitrogens with zero attached hydrogens (tertiary/aromatic N) is 5. The predicted molar refractivity (Wildman–Crippen MR) is 137 cm³/mol. The third-order valence-corrected chi connectivity index (χ3v) is 9.41. The molecule has 3 aromatic rings. The lowest BCUT2D eigenvalue weighted by atomic mass is 9.79. The zero-order chi connectivity index (χ0) is 24.3. The first-order chi connectivity index (χ1) is 16.8. The summed E-state index contributed by atoms with van der Waals surface area (Å²) in [5.74, 6) is 1.25. The number of aryl methyl sites for hydroxylation is 2. The van der Waals surface area contributed by atoms with Gasteiger partial charge in [0.25, 0.3) is 0 Å². The van der Waals surface area contributed by atoms with Gasteiger partial charge in [0.05, 0.1) is 22.6 Å². The van der Waals surface area contributed by atoms with E-state index in [1.165, 1.54) is 32.0 Å². The number of hydrogen-bond acceptors (Lipinski definition) is 6. The summed E-state index contributed by atoms with van der Waals surface area (Å²) in [7, 11) is 0. The van der Waals surface area contributed by atoms with Crippen LogP contribution in [0.1, 0.15) is 51.7 Å². The molecule has 0 bridgehead atoms. The zero-order valence-electron chi connectivity index (χ0n) is 20.5. The molecule has 2 fully saturated rings. The average Bonchev–Trinajstić information content (AvgIpc) is 3.46. The van der Waals surface area contributed by atoms with Crippen molar-refractivity contribution in [2.24, 2.45) is 5.41 Å². The summed E-state index contributed by atoms with van der Waals surface area (Å²) in [5, 5.41) is 9.31. The predicted octanol–water partition coefficient (Wildman–Crippen LogP) is 4.99. The lowest BCUT2D eigenvalue weighted by Crippen LogP contribution is -2.59. The van der Waals surface area contributed by atoms with Gasteiger partial charge in [-0.15, -0.1) is 11.3 Å². The third kappa shape index (κ3) is 3.78. The van der Waals surface area contributed by atoms with E-state index < -0.39 is 6.09 Å². The Labute approximate surface area is 209 Å². The molecule has 0 saturated carbocycles. The number of fused-ring (bicyclic) bond motifs is 1. The number of anilines is 1. The highest BCUT2D eigenvalue weighted by Crippen LogP contribution is 2.43. The molecule has 2 aromatic heterocycles. The minimum absolute atomic E-state index is 0.0410. The highest BCUT2D eigenvalue weighted by molar-refractivity contribution is 7.09. The van der Waals surface area contributed by atoms with Crippen LogP contribution in [0.15, 0.2) is 23.7 Å². The third-order valence-electron chi connectivity index (χ3n) is 8.32. The fourth-order valence-corrected chi connectivity index (χ4v) is 7.11. The number of amides is 1. The number of aromatic nitrogens is 3. The summed E-state index contributed by atoms with van der Waals surface area (Å²) < 4.78 is 0. The topological polar surface area (TPSA) is 82.5 Å². The summed E-state index contributed by atoms with van der Waals surface area (Å²) in [4.78, 5) is 31.4. The van der Waals surface area contributed by atoms with Gasteiger partial charge in [0.2, 0.25) is 5.95 Å². The largest absolute Gasteiger partial charge is 0.465 e. The Morgan fingerprint density at radius 2 is 2.00 bits per heavy atom. The molecule has 182 valence electrons. The van der Waals surface area contributed by atoms with E-state index >= 15 is 0 Å². The Morgan fingerprint density at radius 1 is 1.17 bits per heavy atom. The van der Waals surface area contributed by atoms with Crippen LogP contribution in [0.5, 0.6) is 0 Å². The van der Waals surface area contributed by atoms with Crippen molar-refractivity contribution < 1.29 is 9.90 Å². The minimum atomic E-state index is -0.819. The van der Waals surface area contributed by atoms with Gasteiger partial charge in [-0.05, 0) is 57.6 Å². The minimum Gasteiger partial charge on any atom is -0.465 e. The van der Waals surface area contributed by atoms with E-state index in [0.29, 0.717) is 19.0 Å². The number of benzene rings is 1. The van der Waals surface area contributed by atoms with Gasteiger partial charge >= 0.3 is 6.09 Å². The summed E-state index contributed by atoms with van der Waals surface area (Å²) in [6, 6.07) is 6.47. The van der Waals surface area contributed by atoms with Crippen molar-refractivity contribution in [3.8, 4) is 11.3 Å². The number of carboxylic acid groups (broad SMARTS) is 1. The molecule has 1 amide bonds. The van der Waals surface area contributed by atoms with Crippen LogP contribution in [0.2, 0.25) is 0 Å². The monoisotopic (exact) mass is 489 g/mol. The van der Waals surface area contributed by atoms with Crippen molar-refractivity contribution in [3.05, 3.63) is 56.7 Å². The molecule has 35 heavy (non-hydrogen) atoms. The molecule has 8 heteroatoms. The SMILES string of the molecule is Cc1cccc(-c2nc(N3CCC4(CN(C(=O)O)C4)C3)nc3c2CC[C@H](c2scnc2C)C3)c1C. The molecule has 3 aliphatic rings. The molecule has 1 spiro atoms. The van der Waals surface area contributed by atoms with E-state index in [1.54, 1.807) is 11.3 Å². The Kier molecular flexibility index (Phi) is 5.32. The molecule has 1 aromatic carbocycles. The Hall–Kier alpha value is -3.00. The van der Waals surface area contributed by atoms with Crippen molar-refractivity contribution in [1.29, 1.82) is 0 Å². The van der Waals surface area contributed by atoms with Crippen molar-refractivity contribution in [2.45, 2.75) is 52.4 Å². The molecule has 0 unspecified atom stereocenters. The summed E-state index contributed by atoms with van der Waals surface area (Å²) in [6.07, 6.45) is 3.14. The van der Waals surface area contributed by atoms with Gasteiger partial charge in [-0.25, -0.2) is 19.7 Å². The number of likely N-dealkylation sites (tertiary alicyclic amines) is 1. The fourth-order valence-electron chi connectivity index (χ4n) is 6.16. The maximum atomic E-state index is 11.3. The van der Waals surface area contributed by atoms with Crippen molar-refractivity contribution >= 4 is 23.4 Å². The van der Waals surface area contributed by atoms with E-state index in [9.17, 15) is 9.90 Å². The first-order valence-corrected chi connectivity index (χ1v) is 13.3. The molecule has 2 aliphatic heterocycles. The second-order valence-corrected chi connectivity index (χ2v) is 11.5.